The summed E-state index contributed by atoms with van der Waals surface area (Å²) in [5.41, 5.74) is 0. The molecule has 0 N–H and O–H groups in total. The predicted molar refractivity (Wildman–Crippen MR) is 64.3 cm³/mol. The summed E-state index contributed by atoms with van der Waals surface area (Å²) in [6.45, 7) is 0. The standard InChI is InChI=1S/C12H19NO3S/c14-12-6-9-7-17(15,16)8-11(9)13(12)10-4-2-1-3-5-10/h9-11H,1-8H2/t9-,11+/m1/s1. The molecule has 0 aromatic heterocycles. The van der Waals surface area contributed by atoms with E-state index in [-0.39, 0.29) is 29.4 Å². The molecule has 2 atom stereocenters. The van der Waals surface area contributed by atoms with E-state index in [4.69, 9.17) is 0 Å². The van der Waals surface area contributed by atoms with Gasteiger partial charge in [0.05, 0.1) is 17.5 Å². The summed E-state index contributed by atoms with van der Waals surface area (Å²) in [5, 5.41) is 0. The van der Waals surface area contributed by atoms with E-state index in [0.717, 1.165) is 12.8 Å². The van der Waals surface area contributed by atoms with Gasteiger partial charge in [0.15, 0.2) is 9.84 Å². The number of hydrogen-bond acceptors (Lipinski definition) is 3. The van der Waals surface area contributed by atoms with Crippen molar-refractivity contribution in [1.29, 1.82) is 0 Å². The Balaban J connectivity index is 1.81. The molecule has 0 aromatic rings. The van der Waals surface area contributed by atoms with Gasteiger partial charge in [-0.3, -0.25) is 4.79 Å². The van der Waals surface area contributed by atoms with E-state index >= 15 is 0 Å². The molecule has 3 fully saturated rings. The minimum absolute atomic E-state index is 0.00407. The largest absolute Gasteiger partial charge is 0.335 e. The zero-order valence-corrected chi connectivity index (χ0v) is 10.8. The third-order valence-electron chi connectivity index (χ3n) is 4.49. The van der Waals surface area contributed by atoms with Crippen molar-refractivity contribution in [1.82, 2.24) is 4.90 Å². The van der Waals surface area contributed by atoms with E-state index in [9.17, 15) is 13.2 Å². The lowest BCUT2D eigenvalue weighted by atomic mass is 9.93. The summed E-state index contributed by atoms with van der Waals surface area (Å²) < 4.78 is 23.3. The summed E-state index contributed by atoms with van der Waals surface area (Å²) in [6.07, 6.45) is 6.20. The van der Waals surface area contributed by atoms with Gasteiger partial charge in [-0.25, -0.2) is 8.42 Å². The van der Waals surface area contributed by atoms with Crippen molar-refractivity contribution < 1.29 is 13.2 Å². The van der Waals surface area contributed by atoms with Gasteiger partial charge < -0.3 is 4.90 Å². The third kappa shape index (κ3) is 1.98. The molecule has 2 heterocycles. The lowest BCUT2D eigenvalue weighted by Crippen LogP contribution is -2.44. The zero-order chi connectivity index (χ0) is 12.0. The summed E-state index contributed by atoms with van der Waals surface area (Å²) in [6, 6.07) is 0.315. The summed E-state index contributed by atoms with van der Waals surface area (Å²) in [7, 11) is -2.89. The number of likely N-dealkylation sites (tertiary alicyclic amines) is 1. The van der Waals surface area contributed by atoms with Gasteiger partial charge in [0.25, 0.3) is 0 Å². The molecule has 2 aliphatic heterocycles. The molecule has 0 unspecified atom stereocenters. The number of fused-ring (bicyclic) bond motifs is 1. The Labute approximate surface area is 102 Å². The van der Waals surface area contributed by atoms with E-state index in [1.807, 2.05) is 4.90 Å². The van der Waals surface area contributed by atoms with Crippen LogP contribution in [0.25, 0.3) is 0 Å². The summed E-state index contributed by atoms with van der Waals surface area (Å²) in [4.78, 5) is 14.0. The van der Waals surface area contributed by atoms with Gasteiger partial charge >= 0.3 is 0 Å². The molecule has 96 valence electrons. The highest BCUT2D eigenvalue weighted by molar-refractivity contribution is 7.91. The molecular weight excluding hydrogens is 238 g/mol. The van der Waals surface area contributed by atoms with Crippen LogP contribution in [-0.4, -0.2) is 42.8 Å². The fourth-order valence-corrected chi connectivity index (χ4v) is 5.83. The fourth-order valence-electron chi connectivity index (χ4n) is 3.75. The topological polar surface area (TPSA) is 54.5 Å². The van der Waals surface area contributed by atoms with Crippen LogP contribution in [0.3, 0.4) is 0 Å². The third-order valence-corrected chi connectivity index (χ3v) is 6.27. The van der Waals surface area contributed by atoms with E-state index in [1.54, 1.807) is 0 Å². The first-order valence-corrected chi connectivity index (χ1v) is 8.40. The first kappa shape index (κ1) is 11.5. The van der Waals surface area contributed by atoms with Crippen LogP contribution < -0.4 is 0 Å². The molecule has 0 spiro atoms. The first-order valence-electron chi connectivity index (χ1n) is 6.58. The quantitative estimate of drug-likeness (QED) is 0.703. The van der Waals surface area contributed by atoms with Crippen molar-refractivity contribution >= 4 is 15.7 Å². The molecule has 4 nitrogen and oxygen atoms in total. The number of rotatable bonds is 1. The van der Waals surface area contributed by atoms with E-state index in [0.29, 0.717) is 12.5 Å². The average Bonchev–Trinajstić information content (AvgIpc) is 2.69. The van der Waals surface area contributed by atoms with Gasteiger partial charge in [-0.05, 0) is 12.8 Å². The van der Waals surface area contributed by atoms with Crippen molar-refractivity contribution in [3.05, 3.63) is 0 Å². The molecule has 2 saturated heterocycles. The number of hydrogen-bond donors (Lipinski definition) is 0. The summed E-state index contributed by atoms with van der Waals surface area (Å²) >= 11 is 0. The Morgan fingerprint density at radius 3 is 2.47 bits per heavy atom. The molecule has 0 bridgehead atoms. The Morgan fingerprint density at radius 2 is 1.76 bits per heavy atom. The lowest BCUT2D eigenvalue weighted by Gasteiger charge is -2.35. The Bertz CT molecular complexity index is 425. The van der Waals surface area contributed by atoms with E-state index < -0.39 is 9.84 Å². The average molecular weight is 257 g/mol. The second-order valence-corrected chi connectivity index (χ2v) is 7.86. The predicted octanol–water partition coefficient (Wildman–Crippen LogP) is 0.965. The van der Waals surface area contributed by atoms with Crippen molar-refractivity contribution in [3.8, 4) is 0 Å². The van der Waals surface area contributed by atoms with Gasteiger partial charge in [0.2, 0.25) is 5.91 Å². The normalized spacial score (nSPS) is 37.4. The van der Waals surface area contributed by atoms with Crippen molar-refractivity contribution in [3.63, 3.8) is 0 Å². The Kier molecular flexibility index (Phi) is 2.69. The molecule has 1 saturated carbocycles. The van der Waals surface area contributed by atoms with Crippen LogP contribution in [0.5, 0.6) is 0 Å². The van der Waals surface area contributed by atoms with Crippen LogP contribution in [0.1, 0.15) is 38.5 Å². The van der Waals surface area contributed by atoms with Gasteiger partial charge in [-0.1, -0.05) is 19.3 Å². The van der Waals surface area contributed by atoms with Crippen LogP contribution in [0.4, 0.5) is 0 Å². The maximum absolute atomic E-state index is 12.0. The van der Waals surface area contributed by atoms with Crippen LogP contribution >= 0.6 is 0 Å². The van der Waals surface area contributed by atoms with Gasteiger partial charge in [0, 0.05) is 18.4 Å². The summed E-state index contributed by atoms with van der Waals surface area (Å²) in [5.74, 6) is 0.711. The molecule has 0 radical (unpaired) electrons. The molecule has 1 aliphatic carbocycles. The second kappa shape index (κ2) is 3.97. The minimum atomic E-state index is -2.89. The van der Waals surface area contributed by atoms with Crippen LogP contribution in [-0.2, 0) is 14.6 Å². The SMILES string of the molecule is O=C1C[C@@H]2CS(=O)(=O)C[C@@H]2N1C1CCCCC1. The molecule has 1 amide bonds. The Morgan fingerprint density at radius 1 is 1.06 bits per heavy atom. The lowest BCUT2D eigenvalue weighted by molar-refractivity contribution is -0.131. The van der Waals surface area contributed by atoms with Gasteiger partial charge in [-0.15, -0.1) is 0 Å². The van der Waals surface area contributed by atoms with Crippen LogP contribution in [0.15, 0.2) is 0 Å². The number of carbonyl (C=O) groups excluding carboxylic acids is 1. The van der Waals surface area contributed by atoms with Crippen LogP contribution in [0.2, 0.25) is 0 Å². The molecule has 5 heteroatoms. The number of amides is 1. The maximum Gasteiger partial charge on any atom is 0.223 e. The Hall–Kier alpha value is -0.580. The molecule has 0 aromatic carbocycles. The molecule has 3 aliphatic rings. The van der Waals surface area contributed by atoms with Crippen molar-refractivity contribution in [2.75, 3.05) is 11.5 Å². The molecule has 3 rings (SSSR count). The first-order chi connectivity index (χ1) is 8.07. The molecular formula is C12H19NO3S. The number of nitrogens with zero attached hydrogens (tertiary/aromatic N) is 1. The smallest absolute Gasteiger partial charge is 0.223 e. The zero-order valence-electron chi connectivity index (χ0n) is 9.97. The van der Waals surface area contributed by atoms with E-state index in [1.165, 1.54) is 19.3 Å². The van der Waals surface area contributed by atoms with Crippen molar-refractivity contribution in [2.45, 2.75) is 50.6 Å². The second-order valence-electron chi connectivity index (χ2n) is 5.70. The fraction of sp³-hybridized carbons (Fsp3) is 0.917. The van der Waals surface area contributed by atoms with Crippen molar-refractivity contribution in [2.24, 2.45) is 5.92 Å². The van der Waals surface area contributed by atoms with Gasteiger partial charge in [0.1, 0.15) is 0 Å². The highest BCUT2D eigenvalue weighted by Crippen LogP contribution is 2.38. The highest BCUT2D eigenvalue weighted by atomic mass is 32.2. The number of sulfone groups is 1. The maximum atomic E-state index is 12.0. The van der Waals surface area contributed by atoms with Gasteiger partial charge in [-0.2, -0.15) is 0 Å². The minimum Gasteiger partial charge on any atom is -0.335 e. The molecule has 17 heavy (non-hydrogen) atoms. The van der Waals surface area contributed by atoms with Crippen LogP contribution in [0, 0.1) is 5.92 Å². The van der Waals surface area contributed by atoms with E-state index in [2.05, 4.69) is 0 Å². The monoisotopic (exact) mass is 257 g/mol. The highest BCUT2D eigenvalue weighted by Gasteiger charge is 2.50. The number of carbonyl (C=O) groups is 1.